The SMILES string of the molecule is CCC1(C)CN(C(=O)CCCCCCCCC(=O)NCC(=O)Nc2cc(C(=O)NCCOCCOCCOCCOC3O[C@H](CO)[C@H](O)[C@H](O)[C@H]3NC(C)=O)cc(C(=O)NCCOCCOCCOCCOC3O[C@H](CO)[C@H](O)[C@H](O)[C@H]3NC(C)=O)c2)CC1(C)CO. The summed E-state index contributed by atoms with van der Waals surface area (Å²) in [5.41, 5.74) is -0.216. The fourth-order valence-corrected chi connectivity index (χ4v) is 10.5. The van der Waals surface area contributed by atoms with E-state index in [0.717, 1.165) is 38.5 Å². The van der Waals surface area contributed by atoms with Crippen molar-refractivity contribution in [1.29, 1.82) is 0 Å². The fourth-order valence-electron chi connectivity index (χ4n) is 10.5. The summed E-state index contributed by atoms with van der Waals surface area (Å²) in [5.74, 6) is -2.87. The normalized spacial score (nSPS) is 25.5. The zero-order chi connectivity index (χ0) is 67.5. The maximum atomic E-state index is 13.4. The number of aliphatic hydroxyl groups excluding tert-OH is 7. The van der Waals surface area contributed by atoms with Crippen molar-refractivity contribution >= 4 is 47.0 Å². The molecule has 0 aliphatic carbocycles. The maximum Gasteiger partial charge on any atom is 0.251 e. The number of nitrogens with zero attached hydrogens (tertiary/aromatic N) is 1. The topological polar surface area (TPSA) is 429 Å². The zero-order valence-corrected chi connectivity index (χ0v) is 53.9. The predicted molar refractivity (Wildman–Crippen MR) is 327 cm³/mol. The molecule has 12 atom stereocenters. The summed E-state index contributed by atoms with van der Waals surface area (Å²) < 4.78 is 55.5. The lowest BCUT2D eigenvalue weighted by atomic mass is 9.67. The lowest BCUT2D eigenvalue weighted by Gasteiger charge is -2.42. The van der Waals surface area contributed by atoms with Gasteiger partial charge in [-0.3, -0.25) is 33.6 Å². The Morgan fingerprint density at radius 3 is 1.33 bits per heavy atom. The van der Waals surface area contributed by atoms with E-state index in [9.17, 15) is 69.3 Å². The van der Waals surface area contributed by atoms with E-state index >= 15 is 0 Å². The number of hydrogen-bond donors (Lipinski definition) is 13. The molecule has 0 saturated carbocycles. The Hall–Kier alpha value is -5.17. The van der Waals surface area contributed by atoms with Crippen molar-refractivity contribution < 1.29 is 117 Å². The van der Waals surface area contributed by atoms with Crippen molar-refractivity contribution in [3.05, 3.63) is 29.3 Å². The Kier molecular flexibility index (Phi) is 37.1. The van der Waals surface area contributed by atoms with Crippen LogP contribution >= 0.6 is 0 Å². The molecule has 92 heavy (non-hydrogen) atoms. The minimum absolute atomic E-state index is 0.00301. The minimum Gasteiger partial charge on any atom is -0.396 e. The molecule has 0 radical (unpaired) electrons. The van der Waals surface area contributed by atoms with Crippen LogP contribution in [0.3, 0.4) is 0 Å². The smallest absolute Gasteiger partial charge is 0.251 e. The van der Waals surface area contributed by atoms with Gasteiger partial charge in [0.15, 0.2) is 12.6 Å². The molecular weight excluding hydrogens is 1210 g/mol. The number of carbonyl (C=O) groups is 7. The summed E-state index contributed by atoms with van der Waals surface area (Å²) in [6.45, 7) is 10.7. The van der Waals surface area contributed by atoms with Crippen LogP contribution in [0.25, 0.3) is 0 Å². The second-order valence-corrected chi connectivity index (χ2v) is 23.4. The molecule has 7 amide bonds. The van der Waals surface area contributed by atoms with Crippen LogP contribution in [0.2, 0.25) is 0 Å². The van der Waals surface area contributed by atoms with E-state index in [-0.39, 0.29) is 165 Å². The Balaban J connectivity index is 1.14. The fraction of sp³-hybridized carbons (Fsp3) is 0.787. The van der Waals surface area contributed by atoms with Crippen LogP contribution in [0.4, 0.5) is 5.69 Å². The average Bonchev–Trinajstić information content (AvgIpc) is 1.63. The average molecular weight is 1320 g/mol. The third-order valence-electron chi connectivity index (χ3n) is 16.3. The number of amides is 7. The first-order chi connectivity index (χ1) is 44.1. The first kappa shape index (κ1) is 79.3. The van der Waals surface area contributed by atoms with E-state index in [0.29, 0.717) is 25.9 Å². The van der Waals surface area contributed by atoms with E-state index in [1.165, 1.54) is 32.0 Å². The van der Waals surface area contributed by atoms with Crippen LogP contribution in [0, 0.1) is 10.8 Å². The molecule has 31 nitrogen and oxygen atoms in total. The van der Waals surface area contributed by atoms with Crippen molar-refractivity contribution in [3.8, 4) is 0 Å². The predicted octanol–water partition coefficient (Wildman–Crippen LogP) is -2.40. The van der Waals surface area contributed by atoms with Gasteiger partial charge in [-0.25, -0.2) is 0 Å². The lowest BCUT2D eigenvalue weighted by molar-refractivity contribution is -0.272. The number of ether oxygens (including phenoxy) is 10. The maximum absolute atomic E-state index is 13.4. The van der Waals surface area contributed by atoms with Crippen molar-refractivity contribution in [2.45, 2.75) is 154 Å². The number of likely N-dealkylation sites (tertiary alicyclic amines) is 1. The molecular formula is C61H103N7O24. The summed E-state index contributed by atoms with van der Waals surface area (Å²) in [7, 11) is 0. The van der Waals surface area contributed by atoms with Gasteiger partial charge in [0.25, 0.3) is 11.8 Å². The molecule has 3 heterocycles. The molecule has 3 saturated heterocycles. The number of nitrogens with one attached hydrogen (secondary N) is 6. The monoisotopic (exact) mass is 1320 g/mol. The third kappa shape index (κ3) is 27.3. The van der Waals surface area contributed by atoms with Crippen LogP contribution in [0.5, 0.6) is 0 Å². The second-order valence-electron chi connectivity index (χ2n) is 23.4. The molecule has 3 aliphatic heterocycles. The summed E-state index contributed by atoms with van der Waals surface area (Å²) in [6.07, 6.45) is -3.81. The van der Waals surface area contributed by atoms with Gasteiger partial charge in [0.05, 0.1) is 119 Å². The van der Waals surface area contributed by atoms with Gasteiger partial charge in [-0.05, 0) is 42.9 Å². The van der Waals surface area contributed by atoms with Crippen molar-refractivity contribution in [2.24, 2.45) is 10.8 Å². The molecule has 0 aromatic heterocycles. The molecule has 4 rings (SSSR count). The van der Waals surface area contributed by atoms with Crippen molar-refractivity contribution in [1.82, 2.24) is 31.5 Å². The lowest BCUT2D eigenvalue weighted by Crippen LogP contribution is -2.64. The minimum atomic E-state index is -1.43. The number of anilines is 1. The largest absolute Gasteiger partial charge is 0.396 e. The van der Waals surface area contributed by atoms with Crippen LogP contribution in [0.15, 0.2) is 18.2 Å². The van der Waals surface area contributed by atoms with Gasteiger partial charge in [0.2, 0.25) is 29.5 Å². The first-order valence-electron chi connectivity index (χ1n) is 31.8. The van der Waals surface area contributed by atoms with Crippen molar-refractivity contribution in [3.63, 3.8) is 0 Å². The van der Waals surface area contributed by atoms with Gasteiger partial charge in [-0.15, -0.1) is 0 Å². The summed E-state index contributed by atoms with van der Waals surface area (Å²) in [4.78, 5) is 90.8. The zero-order valence-electron chi connectivity index (χ0n) is 53.9. The number of aliphatic hydroxyl groups is 7. The van der Waals surface area contributed by atoms with Crippen LogP contribution in [-0.2, 0) is 71.3 Å². The van der Waals surface area contributed by atoms with Gasteiger partial charge in [-0.2, -0.15) is 0 Å². The van der Waals surface area contributed by atoms with E-state index < -0.39 is 104 Å². The quantitative estimate of drug-likeness (QED) is 0.0303. The molecule has 3 aliphatic rings. The van der Waals surface area contributed by atoms with Gasteiger partial charge >= 0.3 is 0 Å². The van der Waals surface area contributed by atoms with E-state index in [1.54, 1.807) is 0 Å². The number of carbonyl (C=O) groups excluding carboxylic acids is 7. The van der Waals surface area contributed by atoms with Gasteiger partial charge in [-0.1, -0.05) is 46.5 Å². The van der Waals surface area contributed by atoms with E-state index in [2.05, 4.69) is 45.7 Å². The van der Waals surface area contributed by atoms with Crippen molar-refractivity contribution in [2.75, 3.05) is 150 Å². The van der Waals surface area contributed by atoms with E-state index in [4.69, 9.17) is 47.4 Å². The molecule has 4 unspecified atom stereocenters. The summed E-state index contributed by atoms with van der Waals surface area (Å²) in [5, 5.41) is 85.9. The summed E-state index contributed by atoms with van der Waals surface area (Å²) >= 11 is 0. The highest BCUT2D eigenvalue weighted by Crippen LogP contribution is 2.48. The molecule has 0 spiro atoms. The highest BCUT2D eigenvalue weighted by Gasteiger charge is 2.52. The molecule has 0 bridgehead atoms. The van der Waals surface area contributed by atoms with Gasteiger partial charge < -0.3 is 120 Å². The highest BCUT2D eigenvalue weighted by molar-refractivity contribution is 6.03. The molecule has 1 aromatic carbocycles. The van der Waals surface area contributed by atoms with Gasteiger partial charge in [0, 0.05) is 75.1 Å². The first-order valence-corrected chi connectivity index (χ1v) is 31.8. The second kappa shape index (κ2) is 43.0. The molecule has 526 valence electrons. The molecule has 3 fully saturated rings. The van der Waals surface area contributed by atoms with Crippen LogP contribution in [-0.4, -0.2) is 288 Å². The van der Waals surface area contributed by atoms with Crippen LogP contribution in [0.1, 0.15) is 113 Å². The molecule has 13 N–H and O–H groups in total. The Morgan fingerprint density at radius 2 is 0.924 bits per heavy atom. The molecule has 31 heteroatoms. The Bertz CT molecular complexity index is 2260. The molecule has 1 aromatic rings. The van der Waals surface area contributed by atoms with Crippen LogP contribution < -0.4 is 31.9 Å². The third-order valence-corrected chi connectivity index (χ3v) is 16.3. The highest BCUT2D eigenvalue weighted by atomic mass is 16.7. The summed E-state index contributed by atoms with van der Waals surface area (Å²) in [6, 6.07) is 2.01. The number of rotatable bonds is 46. The number of benzene rings is 1. The Labute approximate surface area is 537 Å². The van der Waals surface area contributed by atoms with E-state index in [1.807, 2.05) is 11.8 Å². The number of hydrogen-bond acceptors (Lipinski definition) is 24. The standard InChI is InChI=1S/C61H103N7O24/c1-6-60(4)37-68(38-61(60,5)39-71)49(76)14-12-10-8-7-9-11-13-47(74)64-34-48(75)67-44-32-42(56(81)62-15-17-83-19-21-85-23-25-87-27-29-89-58-50(65-40(2)72)54(79)52(77)45(35-69)91-58)31-43(33-44)57(82)63-16-18-84-20-22-86-24-26-88-28-30-90-59-51(66-41(3)73)55(80)53(78)46(36-70)92-59/h31-33,45-46,50-55,58-59,69-71,77-80H,6-30,34-39H2,1-5H3,(H,62,81)(H,63,82)(H,64,74)(H,65,72)(H,66,73)(H,67,75)/t45-,46-,50-,51-,52+,53+,54-,55-,58?,59?,60?,61?/m1/s1. The number of unbranched alkanes of at least 4 members (excludes halogenated alkanes) is 5. The Morgan fingerprint density at radius 1 is 0.522 bits per heavy atom. The van der Waals surface area contributed by atoms with Gasteiger partial charge in [0.1, 0.15) is 48.7 Å².